The van der Waals surface area contributed by atoms with Gasteiger partial charge in [-0.1, -0.05) is 24.5 Å². The summed E-state index contributed by atoms with van der Waals surface area (Å²) in [5.74, 6) is 0.329. The SMILES string of the molecule is Nc1ncnc2c1ccn2[C@@H]1O[C@@H]2CCOP(=O)(S)O[C@@H]3[C@H](O)[C@@H](COP(=O)(S)O[C@H]2[C@H]1O)O[C@H]3n1cnc2c(N)ncnc21. The molecule has 4 aromatic heterocycles. The van der Waals surface area contributed by atoms with Gasteiger partial charge in [-0.2, -0.15) is 0 Å². The second kappa shape index (κ2) is 11.7. The van der Waals surface area contributed by atoms with Gasteiger partial charge >= 0.3 is 13.6 Å². The van der Waals surface area contributed by atoms with Crippen molar-refractivity contribution in [1.29, 1.82) is 0 Å². The zero-order valence-corrected chi connectivity index (χ0v) is 26.4. The van der Waals surface area contributed by atoms with E-state index in [-0.39, 0.29) is 35.8 Å². The summed E-state index contributed by atoms with van der Waals surface area (Å²) in [6, 6.07) is 1.66. The number of thiol groups is 2. The quantitative estimate of drug-likeness (QED) is 0.127. The molecule has 2 unspecified atom stereocenters. The van der Waals surface area contributed by atoms with E-state index in [0.717, 1.165) is 0 Å². The molecule has 0 saturated carbocycles. The largest absolute Gasteiger partial charge is 0.387 e. The van der Waals surface area contributed by atoms with Crippen molar-refractivity contribution >= 4 is 71.9 Å². The minimum Gasteiger partial charge on any atom is -0.387 e. The summed E-state index contributed by atoms with van der Waals surface area (Å²) < 4.78 is 64.5. The molecular formula is C22H27N9O10P2S2. The van der Waals surface area contributed by atoms with Crippen molar-refractivity contribution < 1.29 is 46.9 Å². The summed E-state index contributed by atoms with van der Waals surface area (Å²) in [5, 5.41) is 23.0. The summed E-state index contributed by atoms with van der Waals surface area (Å²) in [7, 11) is 0. The highest BCUT2D eigenvalue weighted by Crippen LogP contribution is 2.59. The Kier molecular flexibility index (Phi) is 8.11. The van der Waals surface area contributed by atoms with Gasteiger partial charge in [0.25, 0.3) is 0 Å². The molecule has 23 heteroatoms. The van der Waals surface area contributed by atoms with Gasteiger partial charge in [0.1, 0.15) is 60.2 Å². The molecule has 4 aromatic rings. The van der Waals surface area contributed by atoms with E-state index in [4.69, 9.17) is 39.0 Å². The smallest absolute Gasteiger partial charge is 0.386 e. The first-order valence-corrected chi connectivity index (χ1v) is 18.8. The van der Waals surface area contributed by atoms with Crippen molar-refractivity contribution in [3.05, 3.63) is 31.2 Å². The first-order chi connectivity index (χ1) is 21.4. The number of hydrogen-bond donors (Lipinski definition) is 6. The second-order valence-corrected chi connectivity index (χ2v) is 16.2. The Morgan fingerprint density at radius 1 is 0.822 bits per heavy atom. The number of anilines is 2. The molecule has 0 aliphatic carbocycles. The molecule has 7 heterocycles. The number of hydrogen-bond acceptors (Lipinski definition) is 17. The van der Waals surface area contributed by atoms with Gasteiger partial charge in [-0.05, 0) is 6.07 Å². The predicted molar refractivity (Wildman–Crippen MR) is 161 cm³/mol. The number of nitrogens with two attached hydrogens (primary N) is 2. The number of nitrogen functional groups attached to an aromatic ring is 2. The summed E-state index contributed by atoms with van der Waals surface area (Å²) in [4.78, 5) is 20.5. The number of aliphatic hydroxyl groups is 2. The van der Waals surface area contributed by atoms with E-state index in [9.17, 15) is 19.3 Å². The van der Waals surface area contributed by atoms with Crippen LogP contribution in [0, 0.1) is 0 Å². The van der Waals surface area contributed by atoms with Gasteiger partial charge in [0.15, 0.2) is 23.9 Å². The first-order valence-electron chi connectivity index (χ1n) is 13.4. The molecule has 19 nitrogen and oxygen atoms in total. The lowest BCUT2D eigenvalue weighted by Crippen LogP contribution is -2.36. The van der Waals surface area contributed by atoms with Crippen LogP contribution in [0.25, 0.3) is 22.2 Å². The number of fused-ring (bicyclic) bond motifs is 5. The number of aromatic nitrogens is 7. The second-order valence-electron chi connectivity index (χ2n) is 10.4. The van der Waals surface area contributed by atoms with Gasteiger partial charge in [-0.3, -0.25) is 18.1 Å². The topological polar surface area (TPSA) is 256 Å². The average molecular weight is 704 g/mol. The first kappa shape index (κ1) is 31.2. The Morgan fingerprint density at radius 3 is 2.31 bits per heavy atom. The Bertz CT molecular complexity index is 1850. The van der Waals surface area contributed by atoms with Crippen molar-refractivity contribution in [2.45, 2.75) is 55.5 Å². The number of nitrogens with zero attached hydrogens (tertiary/aromatic N) is 7. The van der Waals surface area contributed by atoms with E-state index in [1.54, 1.807) is 12.3 Å². The number of aliphatic hydroxyl groups excluding tert-OH is 2. The third-order valence-corrected chi connectivity index (χ3v) is 10.9. The van der Waals surface area contributed by atoms with Gasteiger partial charge in [0.2, 0.25) is 0 Å². The van der Waals surface area contributed by atoms with Gasteiger partial charge in [-0.25, -0.2) is 34.0 Å². The van der Waals surface area contributed by atoms with Crippen LogP contribution < -0.4 is 11.5 Å². The van der Waals surface area contributed by atoms with Gasteiger partial charge in [0.05, 0.1) is 31.0 Å². The van der Waals surface area contributed by atoms with E-state index in [2.05, 4.69) is 49.4 Å². The summed E-state index contributed by atoms with van der Waals surface area (Å²) in [5.41, 5.74) is 12.7. The lowest BCUT2D eigenvalue weighted by Gasteiger charge is -2.27. The molecule has 45 heavy (non-hydrogen) atoms. The maximum absolute atomic E-state index is 13.5. The summed E-state index contributed by atoms with van der Waals surface area (Å²) in [6.45, 7) is -9.21. The highest BCUT2D eigenvalue weighted by atomic mass is 32.7. The molecule has 242 valence electrons. The van der Waals surface area contributed by atoms with E-state index in [1.807, 2.05) is 0 Å². The van der Waals surface area contributed by atoms with Crippen molar-refractivity contribution in [2.24, 2.45) is 0 Å². The lowest BCUT2D eigenvalue weighted by molar-refractivity contribution is -0.0481. The fourth-order valence-corrected chi connectivity index (χ4v) is 8.57. The molecule has 3 aliphatic rings. The van der Waals surface area contributed by atoms with Gasteiger partial charge in [-0.15, -0.1) is 0 Å². The zero-order valence-electron chi connectivity index (χ0n) is 22.9. The van der Waals surface area contributed by atoms with Crippen LogP contribution in [0.4, 0.5) is 11.6 Å². The van der Waals surface area contributed by atoms with Crippen LogP contribution in [0.3, 0.4) is 0 Å². The molecule has 0 aromatic carbocycles. The monoisotopic (exact) mass is 703 g/mol. The maximum Gasteiger partial charge on any atom is 0.386 e. The molecule has 2 bridgehead atoms. The number of rotatable bonds is 2. The Morgan fingerprint density at radius 2 is 1.51 bits per heavy atom. The van der Waals surface area contributed by atoms with E-state index in [0.29, 0.717) is 11.0 Å². The van der Waals surface area contributed by atoms with Crippen LogP contribution >= 0.6 is 38.1 Å². The number of ether oxygens (including phenoxy) is 2. The molecule has 7 rings (SSSR count). The van der Waals surface area contributed by atoms with Gasteiger partial charge in [0, 0.05) is 12.6 Å². The molecule has 10 atom stereocenters. The standard InChI is InChI=1S/C22H27N9O10P2S2/c23-17-9-1-3-30(19(9)27-6-25-17)21-14(33)15-10(38-21)2-4-36-42(34,44)41-16-13(32)11(5-37-43(35,45)40-15)39-22(16)31-8-29-12-18(24)26-7-28-20(12)31/h1,3,6-8,10-11,13-16,21-22,32-33H,2,4-5H2,(H,34,44)(H,35,45)(H2,23,25,27)(H2,24,26,28)/t10-,11-,13-,14-,15-,16-,21-,22-,42?,43?/m1/s1. The van der Waals surface area contributed by atoms with Crippen LogP contribution in [-0.4, -0.2) is 94.1 Å². The highest BCUT2D eigenvalue weighted by molar-refractivity contribution is 8.44. The minimum atomic E-state index is -4.24. The molecular weight excluding hydrogens is 676 g/mol. The van der Waals surface area contributed by atoms with Gasteiger partial charge < -0.3 is 40.2 Å². The fourth-order valence-electron chi connectivity index (χ4n) is 5.58. The third-order valence-electron chi connectivity index (χ3n) is 7.67. The molecule has 3 aliphatic heterocycles. The molecule has 0 spiro atoms. The Balaban J connectivity index is 1.17. The fraction of sp³-hybridized carbons (Fsp3) is 0.500. The maximum atomic E-state index is 13.5. The van der Waals surface area contributed by atoms with Crippen LogP contribution in [-0.2, 0) is 36.7 Å². The third kappa shape index (κ3) is 5.74. The van der Waals surface area contributed by atoms with E-state index < -0.39 is 69.3 Å². The molecule has 6 N–H and O–H groups in total. The molecule has 0 amide bonds. The van der Waals surface area contributed by atoms with Crippen LogP contribution in [0.1, 0.15) is 18.9 Å². The molecule has 3 fully saturated rings. The summed E-state index contributed by atoms with van der Waals surface area (Å²) in [6.07, 6.45) is -4.56. The van der Waals surface area contributed by atoms with Crippen LogP contribution in [0.2, 0.25) is 0 Å². The number of imidazole rings is 1. The van der Waals surface area contributed by atoms with Crippen molar-refractivity contribution in [2.75, 3.05) is 24.7 Å². The van der Waals surface area contributed by atoms with Crippen LogP contribution in [0.15, 0.2) is 31.2 Å². The normalized spacial score (nSPS) is 38.0. The zero-order chi connectivity index (χ0) is 31.7. The molecule has 0 radical (unpaired) electrons. The summed E-state index contributed by atoms with van der Waals surface area (Å²) >= 11 is 8.24. The van der Waals surface area contributed by atoms with E-state index in [1.165, 1.54) is 28.1 Å². The van der Waals surface area contributed by atoms with Crippen molar-refractivity contribution in [1.82, 2.24) is 34.1 Å². The average Bonchev–Trinajstić information content (AvgIpc) is 3.74. The predicted octanol–water partition coefficient (Wildman–Crippen LogP) is 1.24. The van der Waals surface area contributed by atoms with Crippen LogP contribution in [0.5, 0.6) is 0 Å². The minimum absolute atomic E-state index is 0.0334. The Hall–Kier alpha value is -2.39. The highest BCUT2D eigenvalue weighted by Gasteiger charge is 2.52. The van der Waals surface area contributed by atoms with Crippen molar-refractivity contribution in [3.8, 4) is 0 Å². The lowest BCUT2D eigenvalue weighted by atomic mass is 10.1. The Labute approximate surface area is 263 Å². The molecule has 3 saturated heterocycles. The van der Waals surface area contributed by atoms with Crippen molar-refractivity contribution in [3.63, 3.8) is 0 Å². The van der Waals surface area contributed by atoms with E-state index >= 15 is 0 Å².